The fourth-order valence-electron chi connectivity index (χ4n) is 8.05. The standard InChI is InChI=1S/C41H67NO15/c1-12-31-28(20-52-40-39(51-11)38(50-10)35(49)25(6)53-40)17-21(2)13-14-29(45)22(3)18-27(15-16-43)36(23(4)30(46)19-32(47)56-31)57-41-37(55-26(7)44)33(42(8)9)34(48)24(5)54-41/h13-14,16-17,22-25,27-28,30-31,33-41,46,48-49H,12,15,18-20H2,1-11H3/b14-13+,21-17+/t22?,23?,24-,25-,27?,28?,30?,31?,33+,34-,35-,36?,37-,38-,39-,40?,41+/m1/s1. The Bertz CT molecular complexity index is 1370. The average molecular weight is 814 g/mol. The summed E-state index contributed by atoms with van der Waals surface area (Å²) in [6, 6.07) is -0.736. The first-order valence-electron chi connectivity index (χ1n) is 19.9. The number of hydrogen-bond acceptors (Lipinski definition) is 16. The van der Waals surface area contributed by atoms with Crippen LogP contribution >= 0.6 is 0 Å². The molecule has 3 rings (SSSR count). The Balaban J connectivity index is 2.01. The molecular formula is C41H67NO15. The molecule has 0 radical (unpaired) electrons. The van der Waals surface area contributed by atoms with E-state index in [1.165, 1.54) is 27.2 Å². The summed E-state index contributed by atoms with van der Waals surface area (Å²) >= 11 is 0. The molecule has 16 nitrogen and oxygen atoms in total. The third-order valence-corrected chi connectivity index (χ3v) is 11.4. The van der Waals surface area contributed by atoms with E-state index in [1.54, 1.807) is 59.7 Å². The summed E-state index contributed by atoms with van der Waals surface area (Å²) < 4.78 is 47.7. The number of carbonyl (C=O) groups excluding carboxylic acids is 4. The highest BCUT2D eigenvalue weighted by molar-refractivity contribution is 5.91. The quantitative estimate of drug-likeness (QED) is 0.191. The Morgan fingerprint density at radius 1 is 0.930 bits per heavy atom. The number of esters is 2. The van der Waals surface area contributed by atoms with Crippen molar-refractivity contribution < 1.29 is 72.4 Å². The molecule has 2 saturated heterocycles. The van der Waals surface area contributed by atoms with Gasteiger partial charge in [0.1, 0.15) is 30.7 Å². The first-order valence-corrected chi connectivity index (χ1v) is 19.9. The van der Waals surface area contributed by atoms with E-state index in [0.29, 0.717) is 18.3 Å². The van der Waals surface area contributed by atoms with Crippen molar-refractivity contribution in [2.24, 2.45) is 23.7 Å². The number of carbonyl (C=O) groups is 4. The predicted molar refractivity (Wildman–Crippen MR) is 205 cm³/mol. The lowest BCUT2D eigenvalue weighted by Gasteiger charge is -2.47. The minimum Gasteiger partial charge on any atom is -0.462 e. The van der Waals surface area contributed by atoms with Gasteiger partial charge in [-0.15, -0.1) is 0 Å². The Morgan fingerprint density at radius 3 is 2.14 bits per heavy atom. The van der Waals surface area contributed by atoms with Gasteiger partial charge in [-0.1, -0.05) is 38.5 Å². The number of rotatable bonds is 12. The number of likely N-dealkylation sites (N-methyl/N-ethyl adjacent to an activating group) is 1. The van der Waals surface area contributed by atoms with E-state index in [2.05, 4.69) is 0 Å². The fourth-order valence-corrected chi connectivity index (χ4v) is 8.05. The van der Waals surface area contributed by atoms with E-state index in [9.17, 15) is 34.5 Å². The lowest BCUT2D eigenvalue weighted by Crippen LogP contribution is -2.64. The first-order chi connectivity index (χ1) is 26.9. The zero-order valence-corrected chi connectivity index (χ0v) is 35.3. The largest absolute Gasteiger partial charge is 0.462 e. The molecule has 8 unspecified atom stereocenters. The molecular weight excluding hydrogens is 746 g/mol. The van der Waals surface area contributed by atoms with Crippen LogP contribution in [0.15, 0.2) is 23.8 Å². The van der Waals surface area contributed by atoms with Crippen molar-refractivity contribution >= 4 is 24.0 Å². The van der Waals surface area contributed by atoms with E-state index in [1.807, 2.05) is 13.0 Å². The molecule has 3 N–H and O–H groups in total. The molecule has 0 saturated carbocycles. The highest BCUT2D eigenvalue weighted by Gasteiger charge is 2.50. The summed E-state index contributed by atoms with van der Waals surface area (Å²) in [5.41, 5.74) is 0.689. The van der Waals surface area contributed by atoms with Gasteiger partial charge in [0.2, 0.25) is 0 Å². The summed E-state index contributed by atoms with van der Waals surface area (Å²) in [5, 5.41) is 33.3. The van der Waals surface area contributed by atoms with Crippen molar-refractivity contribution in [2.45, 2.75) is 154 Å². The van der Waals surface area contributed by atoms with Crippen LogP contribution < -0.4 is 0 Å². The molecule has 0 amide bonds. The van der Waals surface area contributed by atoms with Crippen molar-refractivity contribution in [2.75, 3.05) is 34.9 Å². The van der Waals surface area contributed by atoms with E-state index in [0.717, 1.165) is 0 Å². The van der Waals surface area contributed by atoms with Crippen LogP contribution in [0.1, 0.15) is 74.1 Å². The Labute approximate surface area is 337 Å². The van der Waals surface area contributed by atoms with E-state index >= 15 is 0 Å². The third kappa shape index (κ3) is 12.9. The molecule has 0 aromatic rings. The van der Waals surface area contributed by atoms with Crippen LogP contribution in [0.4, 0.5) is 0 Å². The lowest BCUT2D eigenvalue weighted by molar-refractivity contribution is -0.306. The molecule has 17 atom stereocenters. The van der Waals surface area contributed by atoms with Crippen molar-refractivity contribution in [3.63, 3.8) is 0 Å². The Hall–Kier alpha value is -2.64. The number of hydrogen-bond donors (Lipinski definition) is 3. The van der Waals surface area contributed by atoms with Crippen molar-refractivity contribution in [3.05, 3.63) is 23.8 Å². The molecule has 0 spiro atoms. The Morgan fingerprint density at radius 2 is 1.56 bits per heavy atom. The maximum absolute atomic E-state index is 13.7. The number of cyclic esters (lactones) is 1. The molecule has 57 heavy (non-hydrogen) atoms. The molecule has 0 bridgehead atoms. The normalized spacial score (nSPS) is 41.8. The van der Waals surface area contributed by atoms with Gasteiger partial charge in [-0.2, -0.15) is 0 Å². The summed E-state index contributed by atoms with van der Waals surface area (Å²) in [7, 11) is 6.37. The predicted octanol–water partition coefficient (Wildman–Crippen LogP) is 2.13. The Kier molecular flexibility index (Phi) is 19.4. The average Bonchev–Trinajstić information content (AvgIpc) is 3.15. The van der Waals surface area contributed by atoms with Crippen LogP contribution in [-0.4, -0.2) is 159 Å². The SMILES string of the molecule is CCC1OC(=O)CC(O)C(C)C(O[C@@H]2O[C@H](C)[C@@H](O)[C@H](N(C)C)[C@H]2OC(C)=O)C(CC=O)CC(C)C(=O)/C=C/C(C)=C/C1COC1O[C@H](C)[C@@H](O)[C@@H](OC)[C@H]1OC. The van der Waals surface area contributed by atoms with E-state index < -0.39 is 122 Å². The number of ether oxygens (including phenoxy) is 8. The summed E-state index contributed by atoms with van der Waals surface area (Å²) in [6.07, 6.45) is -5.50. The second-order valence-electron chi connectivity index (χ2n) is 15.9. The molecule has 0 aromatic carbocycles. The third-order valence-electron chi connectivity index (χ3n) is 11.4. The highest BCUT2D eigenvalue weighted by Crippen LogP contribution is 2.35. The van der Waals surface area contributed by atoms with Crippen LogP contribution in [0.2, 0.25) is 0 Å². The molecule has 3 aliphatic heterocycles. The van der Waals surface area contributed by atoms with Crippen LogP contribution in [0, 0.1) is 23.7 Å². The summed E-state index contributed by atoms with van der Waals surface area (Å²) in [5.74, 6) is -4.16. The van der Waals surface area contributed by atoms with Gasteiger partial charge in [0, 0.05) is 45.3 Å². The van der Waals surface area contributed by atoms with Crippen molar-refractivity contribution in [1.82, 2.24) is 4.90 Å². The van der Waals surface area contributed by atoms with Crippen LogP contribution in [0.25, 0.3) is 0 Å². The maximum atomic E-state index is 13.7. The number of nitrogens with zero attached hydrogens (tertiary/aromatic N) is 1. The lowest BCUT2D eigenvalue weighted by atomic mass is 9.79. The van der Waals surface area contributed by atoms with Crippen LogP contribution in [0.3, 0.4) is 0 Å². The van der Waals surface area contributed by atoms with Gasteiger partial charge in [-0.3, -0.25) is 14.4 Å². The molecule has 3 aliphatic rings. The smallest absolute Gasteiger partial charge is 0.308 e. The van der Waals surface area contributed by atoms with Gasteiger partial charge in [-0.25, -0.2) is 0 Å². The van der Waals surface area contributed by atoms with Gasteiger partial charge in [0.05, 0.1) is 49.6 Å². The minimum absolute atomic E-state index is 0.000705. The zero-order chi connectivity index (χ0) is 42.7. The molecule has 2 fully saturated rings. The monoisotopic (exact) mass is 813 g/mol. The number of aldehydes is 1. The van der Waals surface area contributed by atoms with Crippen LogP contribution in [-0.2, 0) is 57.1 Å². The van der Waals surface area contributed by atoms with Crippen molar-refractivity contribution in [3.8, 4) is 0 Å². The van der Waals surface area contributed by atoms with Gasteiger partial charge >= 0.3 is 11.9 Å². The van der Waals surface area contributed by atoms with Crippen molar-refractivity contribution in [1.29, 1.82) is 0 Å². The van der Waals surface area contributed by atoms with Crippen LogP contribution in [0.5, 0.6) is 0 Å². The van der Waals surface area contributed by atoms with E-state index in [4.69, 9.17) is 37.9 Å². The number of aliphatic hydroxyl groups is 3. The summed E-state index contributed by atoms with van der Waals surface area (Å²) in [4.78, 5) is 53.5. The van der Waals surface area contributed by atoms with Gasteiger partial charge in [0.25, 0.3) is 0 Å². The second-order valence-corrected chi connectivity index (χ2v) is 15.9. The molecule has 0 aromatic heterocycles. The first kappa shape index (κ1) is 48.7. The number of methoxy groups -OCH3 is 2. The fraction of sp³-hybridized carbons (Fsp3) is 0.805. The van der Waals surface area contributed by atoms with Gasteiger partial charge in [0.15, 0.2) is 24.5 Å². The second kappa shape index (κ2) is 22.7. The minimum atomic E-state index is -1.35. The zero-order valence-electron chi connectivity index (χ0n) is 35.3. The molecule has 3 heterocycles. The summed E-state index contributed by atoms with van der Waals surface area (Å²) in [6.45, 7) is 11.6. The number of allylic oxidation sites excluding steroid dienone is 3. The highest BCUT2D eigenvalue weighted by atomic mass is 16.7. The van der Waals surface area contributed by atoms with E-state index in [-0.39, 0.29) is 25.2 Å². The molecule has 326 valence electrons. The van der Waals surface area contributed by atoms with Gasteiger partial charge < -0.3 is 62.9 Å². The number of ketones is 1. The number of aliphatic hydroxyl groups excluding tert-OH is 3. The topological polar surface area (TPSA) is 206 Å². The molecule has 0 aliphatic carbocycles. The molecule has 16 heteroatoms. The van der Waals surface area contributed by atoms with Gasteiger partial charge in [-0.05, 0) is 59.7 Å². The maximum Gasteiger partial charge on any atom is 0.308 e.